The predicted octanol–water partition coefficient (Wildman–Crippen LogP) is 2.37. The van der Waals surface area contributed by atoms with E-state index < -0.39 is 11.0 Å². The summed E-state index contributed by atoms with van der Waals surface area (Å²) in [6.45, 7) is 4.08. The van der Waals surface area contributed by atoms with E-state index in [0.717, 1.165) is 6.42 Å². The minimum absolute atomic E-state index is 0.00380. The lowest BCUT2D eigenvalue weighted by molar-refractivity contribution is -0.384. The number of aliphatic imine (C=N–C) groups is 1. The third kappa shape index (κ3) is 5.33. The Bertz CT molecular complexity index is 573. The number of carbonyl (C=O) groups is 1. The number of morpholine rings is 1. The van der Waals surface area contributed by atoms with E-state index >= 15 is 0 Å². The molecule has 8 heteroatoms. The van der Waals surface area contributed by atoms with Gasteiger partial charge in [0.2, 0.25) is 0 Å². The first kappa shape index (κ1) is 16.9. The van der Waals surface area contributed by atoms with Crippen LogP contribution in [0.3, 0.4) is 0 Å². The molecular weight excluding hydrogens is 302 g/mol. The number of benzene rings is 1. The van der Waals surface area contributed by atoms with Crippen molar-refractivity contribution in [2.75, 3.05) is 19.7 Å². The molecule has 1 fully saturated rings. The molecule has 1 atom stereocenters. The Morgan fingerprint density at radius 3 is 2.91 bits per heavy atom. The molecule has 0 aromatic heterocycles. The number of nitro groups is 1. The van der Waals surface area contributed by atoms with Crippen LogP contribution in [0.25, 0.3) is 0 Å². The fraction of sp³-hybridized carbons (Fsp3) is 0.467. The first-order valence-corrected chi connectivity index (χ1v) is 7.38. The number of nitro benzene ring substituents is 1. The summed E-state index contributed by atoms with van der Waals surface area (Å²) in [5.74, 6) is 0. The quantitative estimate of drug-likeness (QED) is 0.358. The first-order chi connectivity index (χ1) is 11.1. The standard InChI is InChI=1S/C15H19N3O5/c1-2-14-9-17(7-8-22-14)11-16-15(19)23-10-12-3-5-13(6-4-12)18(20)21/h3-6,11,14H,2,7-10H2,1H3. The highest BCUT2D eigenvalue weighted by Crippen LogP contribution is 2.12. The zero-order valence-electron chi connectivity index (χ0n) is 12.9. The molecule has 1 heterocycles. The molecule has 0 saturated carbocycles. The summed E-state index contributed by atoms with van der Waals surface area (Å²) in [6, 6.07) is 5.82. The molecule has 0 bridgehead atoms. The summed E-state index contributed by atoms with van der Waals surface area (Å²) in [5, 5.41) is 10.5. The Labute approximate surface area is 133 Å². The van der Waals surface area contributed by atoms with Gasteiger partial charge in [0.25, 0.3) is 5.69 Å². The van der Waals surface area contributed by atoms with Gasteiger partial charge in [0.15, 0.2) is 0 Å². The van der Waals surface area contributed by atoms with Gasteiger partial charge < -0.3 is 14.4 Å². The van der Waals surface area contributed by atoms with Gasteiger partial charge in [-0.15, -0.1) is 0 Å². The molecule has 0 N–H and O–H groups in total. The fourth-order valence-electron chi connectivity index (χ4n) is 2.12. The third-order valence-corrected chi connectivity index (χ3v) is 3.46. The van der Waals surface area contributed by atoms with Gasteiger partial charge in [-0.25, -0.2) is 4.79 Å². The first-order valence-electron chi connectivity index (χ1n) is 7.38. The van der Waals surface area contributed by atoms with E-state index in [4.69, 9.17) is 9.47 Å². The van der Waals surface area contributed by atoms with Crippen LogP contribution in [0, 0.1) is 10.1 Å². The van der Waals surface area contributed by atoms with Gasteiger partial charge in [0, 0.05) is 25.2 Å². The maximum absolute atomic E-state index is 11.6. The summed E-state index contributed by atoms with van der Waals surface area (Å²) in [7, 11) is 0. The SMILES string of the molecule is CCC1CN(C=NC(=O)OCc2ccc([N+](=O)[O-])cc2)CCO1. The average molecular weight is 321 g/mol. The van der Waals surface area contributed by atoms with E-state index in [9.17, 15) is 14.9 Å². The van der Waals surface area contributed by atoms with Gasteiger partial charge in [0.1, 0.15) is 6.61 Å². The number of ether oxygens (including phenoxy) is 2. The third-order valence-electron chi connectivity index (χ3n) is 3.46. The fourth-order valence-corrected chi connectivity index (χ4v) is 2.12. The zero-order chi connectivity index (χ0) is 16.7. The van der Waals surface area contributed by atoms with Crippen LogP contribution in [0.1, 0.15) is 18.9 Å². The normalized spacial score (nSPS) is 18.1. The number of nitrogens with zero attached hydrogens (tertiary/aromatic N) is 3. The largest absolute Gasteiger partial charge is 0.443 e. The monoisotopic (exact) mass is 321 g/mol. The van der Waals surface area contributed by atoms with Crippen molar-refractivity contribution in [1.29, 1.82) is 0 Å². The maximum Gasteiger partial charge on any atom is 0.435 e. The second-order valence-electron chi connectivity index (χ2n) is 5.12. The Hall–Kier alpha value is -2.48. The highest BCUT2D eigenvalue weighted by Gasteiger charge is 2.16. The van der Waals surface area contributed by atoms with E-state index in [0.29, 0.717) is 25.3 Å². The van der Waals surface area contributed by atoms with Crippen molar-refractivity contribution < 1.29 is 19.2 Å². The van der Waals surface area contributed by atoms with Gasteiger partial charge in [-0.1, -0.05) is 6.92 Å². The number of rotatable bonds is 5. The maximum atomic E-state index is 11.6. The number of hydrogen-bond donors (Lipinski definition) is 0. The molecule has 0 radical (unpaired) electrons. The molecule has 1 amide bonds. The summed E-state index contributed by atoms with van der Waals surface area (Å²) in [6.07, 6.45) is 1.85. The van der Waals surface area contributed by atoms with Crippen LogP contribution < -0.4 is 0 Å². The summed E-state index contributed by atoms with van der Waals surface area (Å²) in [4.78, 5) is 27.3. The lowest BCUT2D eigenvalue weighted by Gasteiger charge is -2.30. The molecule has 1 unspecified atom stereocenters. The molecule has 0 spiro atoms. The molecule has 1 aliphatic heterocycles. The average Bonchev–Trinajstić information content (AvgIpc) is 2.58. The van der Waals surface area contributed by atoms with Crippen molar-refractivity contribution in [1.82, 2.24) is 4.90 Å². The minimum atomic E-state index is -0.692. The molecule has 1 aromatic carbocycles. The van der Waals surface area contributed by atoms with Crippen molar-refractivity contribution >= 4 is 18.1 Å². The summed E-state index contributed by atoms with van der Waals surface area (Å²) >= 11 is 0. The number of hydrogen-bond acceptors (Lipinski definition) is 5. The Morgan fingerprint density at radius 2 is 2.26 bits per heavy atom. The highest BCUT2D eigenvalue weighted by atomic mass is 16.6. The van der Waals surface area contributed by atoms with E-state index in [1.54, 1.807) is 12.1 Å². The van der Waals surface area contributed by atoms with E-state index in [1.165, 1.54) is 18.5 Å². The number of carbonyl (C=O) groups excluding carboxylic acids is 1. The van der Waals surface area contributed by atoms with Crippen molar-refractivity contribution in [3.63, 3.8) is 0 Å². The Morgan fingerprint density at radius 1 is 1.52 bits per heavy atom. The zero-order valence-corrected chi connectivity index (χ0v) is 12.9. The molecule has 2 rings (SSSR count). The van der Waals surface area contributed by atoms with Crippen molar-refractivity contribution in [3.8, 4) is 0 Å². The van der Waals surface area contributed by atoms with Crippen molar-refractivity contribution in [2.45, 2.75) is 26.1 Å². The highest BCUT2D eigenvalue weighted by molar-refractivity contribution is 5.78. The van der Waals surface area contributed by atoms with Crippen molar-refractivity contribution in [2.24, 2.45) is 4.99 Å². The van der Waals surface area contributed by atoms with E-state index in [1.807, 2.05) is 11.8 Å². The molecule has 1 aliphatic rings. The molecule has 23 heavy (non-hydrogen) atoms. The van der Waals surface area contributed by atoms with Crippen LogP contribution in [0.15, 0.2) is 29.3 Å². The number of amides is 1. The van der Waals surface area contributed by atoms with Crippen LogP contribution in [-0.2, 0) is 16.1 Å². The van der Waals surface area contributed by atoms with Gasteiger partial charge in [-0.3, -0.25) is 10.1 Å². The molecule has 0 aliphatic carbocycles. The molecule has 8 nitrogen and oxygen atoms in total. The van der Waals surface area contributed by atoms with Gasteiger partial charge in [-0.05, 0) is 24.1 Å². The second kappa shape index (κ2) is 8.23. The van der Waals surface area contributed by atoms with Gasteiger partial charge in [0.05, 0.1) is 24.0 Å². The van der Waals surface area contributed by atoms with Crippen LogP contribution >= 0.6 is 0 Å². The summed E-state index contributed by atoms with van der Waals surface area (Å²) < 4.78 is 10.5. The second-order valence-corrected chi connectivity index (χ2v) is 5.12. The van der Waals surface area contributed by atoms with Crippen LogP contribution in [0.4, 0.5) is 10.5 Å². The number of non-ortho nitro benzene ring substituents is 1. The van der Waals surface area contributed by atoms with Gasteiger partial charge >= 0.3 is 6.09 Å². The van der Waals surface area contributed by atoms with Crippen molar-refractivity contribution in [3.05, 3.63) is 39.9 Å². The van der Waals surface area contributed by atoms with Gasteiger partial charge in [-0.2, -0.15) is 4.99 Å². The molecule has 124 valence electrons. The van der Waals surface area contributed by atoms with Crippen LogP contribution in [0.2, 0.25) is 0 Å². The lowest BCUT2D eigenvalue weighted by Crippen LogP contribution is -2.41. The Balaban J connectivity index is 1.78. The molecule has 1 saturated heterocycles. The van der Waals surface area contributed by atoms with E-state index in [2.05, 4.69) is 4.99 Å². The molecule has 1 aromatic rings. The lowest BCUT2D eigenvalue weighted by atomic mass is 10.2. The summed E-state index contributed by atoms with van der Waals surface area (Å²) in [5.41, 5.74) is 0.660. The van der Waals surface area contributed by atoms with E-state index in [-0.39, 0.29) is 18.4 Å². The smallest absolute Gasteiger partial charge is 0.435 e. The topological polar surface area (TPSA) is 94.3 Å². The minimum Gasteiger partial charge on any atom is -0.443 e. The predicted molar refractivity (Wildman–Crippen MR) is 83.4 cm³/mol. The Kier molecular flexibility index (Phi) is 6.04. The van der Waals surface area contributed by atoms with Crippen LogP contribution in [-0.4, -0.2) is 48.1 Å². The van der Waals surface area contributed by atoms with Crippen LogP contribution in [0.5, 0.6) is 0 Å². The molecular formula is C15H19N3O5.